The molecule has 0 fully saturated rings. The minimum absolute atomic E-state index is 0.600. The van der Waals surface area contributed by atoms with Crippen LogP contribution in [-0.4, -0.2) is 0 Å². The molecule has 18 heavy (non-hydrogen) atoms. The highest BCUT2D eigenvalue weighted by Crippen LogP contribution is 2.23. The Morgan fingerprint density at radius 2 is 1.56 bits per heavy atom. The highest BCUT2D eigenvalue weighted by molar-refractivity contribution is 5.72. The van der Waals surface area contributed by atoms with Crippen LogP contribution in [0.15, 0.2) is 42.5 Å². The summed E-state index contributed by atoms with van der Waals surface area (Å²) in [5.41, 5.74) is 16.0. The Kier molecular flexibility index (Phi) is 3.72. The van der Waals surface area contributed by atoms with Crippen molar-refractivity contribution < 1.29 is 0 Å². The van der Waals surface area contributed by atoms with Crippen LogP contribution in [0, 0.1) is 0 Å². The van der Waals surface area contributed by atoms with E-state index < -0.39 is 0 Å². The molecule has 0 radical (unpaired) electrons. The quantitative estimate of drug-likeness (QED) is 0.717. The minimum Gasteiger partial charge on any atom is -0.397 e. The predicted molar refractivity (Wildman–Crippen MR) is 79.0 cm³/mol. The number of nitrogens with two attached hydrogens (primary N) is 2. The third-order valence-corrected chi connectivity index (χ3v) is 2.87. The van der Waals surface area contributed by atoms with Crippen LogP contribution in [0.2, 0.25) is 0 Å². The summed E-state index contributed by atoms with van der Waals surface area (Å²) in [7, 11) is 0. The van der Waals surface area contributed by atoms with E-state index in [1.807, 2.05) is 18.2 Å². The van der Waals surface area contributed by atoms with Gasteiger partial charge in [-0.1, -0.05) is 25.5 Å². The molecule has 0 saturated carbocycles. The van der Waals surface area contributed by atoms with E-state index in [1.165, 1.54) is 12.0 Å². The van der Waals surface area contributed by atoms with E-state index in [2.05, 4.69) is 36.5 Å². The number of nitrogens with one attached hydrogen (secondary N) is 1. The molecular formula is C15H19N3. The second kappa shape index (κ2) is 5.45. The normalized spacial score (nSPS) is 10.3. The second-order valence-corrected chi connectivity index (χ2v) is 4.42. The van der Waals surface area contributed by atoms with Crippen molar-refractivity contribution >= 4 is 22.7 Å². The number of benzene rings is 2. The molecule has 0 aliphatic rings. The maximum atomic E-state index is 5.77. The van der Waals surface area contributed by atoms with Crippen molar-refractivity contribution in [3.63, 3.8) is 0 Å². The topological polar surface area (TPSA) is 64.1 Å². The van der Waals surface area contributed by atoms with Crippen LogP contribution in [0.3, 0.4) is 0 Å². The first-order chi connectivity index (χ1) is 8.69. The van der Waals surface area contributed by atoms with Crippen molar-refractivity contribution in [1.29, 1.82) is 0 Å². The van der Waals surface area contributed by atoms with Crippen LogP contribution in [-0.2, 0) is 6.42 Å². The summed E-state index contributed by atoms with van der Waals surface area (Å²) >= 11 is 0. The third-order valence-electron chi connectivity index (χ3n) is 2.87. The number of hydrogen-bond acceptors (Lipinski definition) is 3. The Labute approximate surface area is 108 Å². The minimum atomic E-state index is 0.600. The standard InChI is InChI=1S/C15H19N3/c1-2-3-11-4-6-12(7-5-11)18-13-8-9-14(16)15(17)10-13/h4-10,18H,2-3,16-17H2,1H3. The first-order valence-corrected chi connectivity index (χ1v) is 6.20. The van der Waals surface area contributed by atoms with E-state index in [1.54, 1.807) is 0 Å². The molecular weight excluding hydrogens is 222 g/mol. The Balaban J connectivity index is 2.10. The van der Waals surface area contributed by atoms with Crippen LogP contribution in [0.25, 0.3) is 0 Å². The Morgan fingerprint density at radius 1 is 0.889 bits per heavy atom. The average Bonchev–Trinajstić information content (AvgIpc) is 2.37. The van der Waals surface area contributed by atoms with Crippen LogP contribution >= 0.6 is 0 Å². The van der Waals surface area contributed by atoms with Gasteiger partial charge in [0.1, 0.15) is 0 Å². The summed E-state index contributed by atoms with van der Waals surface area (Å²) in [5.74, 6) is 0. The Morgan fingerprint density at radius 3 is 2.17 bits per heavy atom. The van der Waals surface area contributed by atoms with Gasteiger partial charge in [0.15, 0.2) is 0 Å². The molecule has 0 spiro atoms. The zero-order valence-electron chi connectivity index (χ0n) is 10.6. The van der Waals surface area contributed by atoms with E-state index >= 15 is 0 Å². The zero-order chi connectivity index (χ0) is 13.0. The number of aryl methyl sites for hydroxylation is 1. The van der Waals surface area contributed by atoms with Crippen molar-refractivity contribution in [1.82, 2.24) is 0 Å². The molecule has 0 aliphatic heterocycles. The van der Waals surface area contributed by atoms with Gasteiger partial charge < -0.3 is 16.8 Å². The van der Waals surface area contributed by atoms with Gasteiger partial charge in [-0.15, -0.1) is 0 Å². The van der Waals surface area contributed by atoms with Gasteiger partial charge in [-0.2, -0.15) is 0 Å². The lowest BCUT2D eigenvalue weighted by atomic mass is 10.1. The van der Waals surface area contributed by atoms with E-state index in [-0.39, 0.29) is 0 Å². The molecule has 94 valence electrons. The molecule has 0 saturated heterocycles. The lowest BCUT2D eigenvalue weighted by molar-refractivity contribution is 0.922. The Bertz CT molecular complexity index is 518. The average molecular weight is 241 g/mol. The molecule has 2 rings (SSSR count). The largest absolute Gasteiger partial charge is 0.397 e. The van der Waals surface area contributed by atoms with E-state index in [0.717, 1.165) is 17.8 Å². The van der Waals surface area contributed by atoms with Crippen LogP contribution < -0.4 is 16.8 Å². The van der Waals surface area contributed by atoms with Gasteiger partial charge in [0, 0.05) is 11.4 Å². The van der Waals surface area contributed by atoms with Gasteiger partial charge >= 0.3 is 0 Å². The number of nitrogen functional groups attached to an aromatic ring is 2. The summed E-state index contributed by atoms with van der Waals surface area (Å²) < 4.78 is 0. The maximum absolute atomic E-state index is 5.77. The van der Waals surface area contributed by atoms with Crippen LogP contribution in [0.1, 0.15) is 18.9 Å². The lowest BCUT2D eigenvalue weighted by Gasteiger charge is -2.09. The molecule has 0 amide bonds. The van der Waals surface area contributed by atoms with Gasteiger partial charge in [0.2, 0.25) is 0 Å². The molecule has 0 bridgehead atoms. The highest BCUT2D eigenvalue weighted by atomic mass is 14.9. The molecule has 5 N–H and O–H groups in total. The maximum Gasteiger partial charge on any atom is 0.0568 e. The molecule has 0 atom stereocenters. The summed E-state index contributed by atoms with van der Waals surface area (Å²) in [6, 6.07) is 14.0. The van der Waals surface area contributed by atoms with E-state index in [4.69, 9.17) is 11.5 Å². The van der Waals surface area contributed by atoms with Gasteiger partial charge in [0.25, 0.3) is 0 Å². The van der Waals surface area contributed by atoms with Crippen molar-refractivity contribution in [2.45, 2.75) is 19.8 Å². The zero-order valence-corrected chi connectivity index (χ0v) is 10.6. The fourth-order valence-electron chi connectivity index (χ4n) is 1.86. The van der Waals surface area contributed by atoms with Gasteiger partial charge in [-0.3, -0.25) is 0 Å². The van der Waals surface area contributed by atoms with Gasteiger partial charge in [-0.05, 0) is 42.3 Å². The van der Waals surface area contributed by atoms with Crippen LogP contribution in [0.5, 0.6) is 0 Å². The molecule has 3 heteroatoms. The molecule has 2 aromatic carbocycles. The fraction of sp³-hybridized carbons (Fsp3) is 0.200. The number of anilines is 4. The summed E-state index contributed by atoms with van der Waals surface area (Å²) in [4.78, 5) is 0. The third kappa shape index (κ3) is 2.94. The van der Waals surface area contributed by atoms with E-state index in [9.17, 15) is 0 Å². The summed E-state index contributed by atoms with van der Waals surface area (Å²) in [6.07, 6.45) is 2.29. The molecule has 2 aromatic rings. The lowest BCUT2D eigenvalue weighted by Crippen LogP contribution is -1.97. The van der Waals surface area contributed by atoms with Crippen molar-refractivity contribution in [3.05, 3.63) is 48.0 Å². The molecule has 0 aromatic heterocycles. The number of rotatable bonds is 4. The monoisotopic (exact) mass is 241 g/mol. The molecule has 0 unspecified atom stereocenters. The highest BCUT2D eigenvalue weighted by Gasteiger charge is 1.98. The Hall–Kier alpha value is -2.16. The predicted octanol–water partition coefficient (Wildman–Crippen LogP) is 3.55. The summed E-state index contributed by atoms with van der Waals surface area (Å²) in [5, 5.41) is 3.31. The van der Waals surface area contributed by atoms with Crippen molar-refractivity contribution in [3.8, 4) is 0 Å². The van der Waals surface area contributed by atoms with Crippen molar-refractivity contribution in [2.75, 3.05) is 16.8 Å². The first-order valence-electron chi connectivity index (χ1n) is 6.20. The van der Waals surface area contributed by atoms with Crippen molar-refractivity contribution in [2.24, 2.45) is 0 Å². The SMILES string of the molecule is CCCc1ccc(Nc2ccc(N)c(N)c2)cc1. The first kappa shape index (κ1) is 12.3. The molecule has 3 nitrogen and oxygen atoms in total. The smallest absolute Gasteiger partial charge is 0.0568 e. The van der Waals surface area contributed by atoms with Gasteiger partial charge in [0.05, 0.1) is 11.4 Å². The molecule has 0 aliphatic carbocycles. The fourth-order valence-corrected chi connectivity index (χ4v) is 1.86. The van der Waals surface area contributed by atoms with Gasteiger partial charge in [-0.25, -0.2) is 0 Å². The second-order valence-electron chi connectivity index (χ2n) is 4.42. The van der Waals surface area contributed by atoms with Crippen LogP contribution in [0.4, 0.5) is 22.7 Å². The number of hydrogen-bond donors (Lipinski definition) is 3. The van der Waals surface area contributed by atoms with E-state index in [0.29, 0.717) is 11.4 Å². The molecule has 0 heterocycles. The summed E-state index contributed by atoms with van der Waals surface area (Å²) in [6.45, 7) is 2.18.